The van der Waals surface area contributed by atoms with Gasteiger partial charge in [0.05, 0.1) is 10.7 Å². The summed E-state index contributed by atoms with van der Waals surface area (Å²) in [4.78, 5) is 10.1. The van der Waals surface area contributed by atoms with E-state index in [1.165, 1.54) is 18.4 Å². The smallest absolute Gasteiger partial charge is 0.270 e. The molecule has 0 aromatic heterocycles. The topological polar surface area (TPSA) is 89.3 Å². The molecule has 6 nitrogen and oxygen atoms in total. The highest BCUT2D eigenvalue weighted by atomic mass is 79.9. The van der Waals surface area contributed by atoms with Crippen LogP contribution in [-0.4, -0.2) is 31.9 Å². The van der Waals surface area contributed by atoms with E-state index in [2.05, 4.69) is 21.2 Å². The molecule has 0 saturated heterocycles. The largest absolute Gasteiger partial charge is 0.312 e. The van der Waals surface area contributed by atoms with E-state index in [4.69, 9.17) is 0 Å². The van der Waals surface area contributed by atoms with E-state index in [9.17, 15) is 18.5 Å². The summed E-state index contributed by atoms with van der Waals surface area (Å²) in [6.45, 7) is 0.802. The van der Waals surface area contributed by atoms with Gasteiger partial charge in [-0.25, -0.2) is 8.42 Å². The molecule has 0 aliphatic heterocycles. The van der Waals surface area contributed by atoms with E-state index in [-0.39, 0.29) is 11.4 Å². The van der Waals surface area contributed by atoms with Crippen LogP contribution in [0.4, 0.5) is 5.69 Å². The van der Waals surface area contributed by atoms with Gasteiger partial charge in [0.25, 0.3) is 5.69 Å². The summed E-state index contributed by atoms with van der Waals surface area (Å²) in [5, 5.41) is 13.5. The highest BCUT2D eigenvalue weighted by molar-refractivity contribution is 9.10. The molecule has 0 aliphatic rings. The van der Waals surface area contributed by atoms with Crippen LogP contribution in [0.2, 0.25) is 0 Å². The van der Waals surface area contributed by atoms with Crippen molar-refractivity contribution in [1.82, 2.24) is 5.32 Å². The van der Waals surface area contributed by atoms with Crippen LogP contribution in [0.3, 0.4) is 0 Å². The van der Waals surface area contributed by atoms with Crippen LogP contribution >= 0.6 is 15.9 Å². The molecule has 0 spiro atoms. The monoisotopic (exact) mass is 336 g/mol. The van der Waals surface area contributed by atoms with Gasteiger partial charge in [-0.1, -0.05) is 15.9 Å². The van der Waals surface area contributed by atoms with E-state index in [0.29, 0.717) is 17.6 Å². The first-order valence-corrected chi connectivity index (χ1v) is 7.96. The third-order valence-corrected chi connectivity index (χ3v) is 3.90. The Morgan fingerprint density at radius 3 is 2.61 bits per heavy atom. The van der Waals surface area contributed by atoms with Crippen molar-refractivity contribution in [1.29, 1.82) is 0 Å². The van der Waals surface area contributed by atoms with E-state index in [0.717, 1.165) is 5.56 Å². The highest BCUT2D eigenvalue weighted by Crippen LogP contribution is 2.22. The SMILES string of the molecule is CS(=O)(=O)CCNCc1ccc([N+](=O)[O-])cc1Br. The Morgan fingerprint density at radius 1 is 1.44 bits per heavy atom. The zero-order valence-electron chi connectivity index (χ0n) is 9.72. The number of nitro groups is 1. The van der Waals surface area contributed by atoms with Crippen LogP contribution in [0, 0.1) is 10.1 Å². The van der Waals surface area contributed by atoms with Gasteiger partial charge in [-0.05, 0) is 11.6 Å². The first kappa shape index (κ1) is 15.1. The standard InChI is InChI=1S/C10H13BrN2O4S/c1-18(16,17)5-4-12-7-8-2-3-9(13(14)15)6-10(8)11/h2-3,6,12H,4-5,7H2,1H3. The molecule has 1 aromatic carbocycles. The zero-order valence-corrected chi connectivity index (χ0v) is 12.1. The molecule has 0 fully saturated rings. The summed E-state index contributed by atoms with van der Waals surface area (Å²) in [6.07, 6.45) is 1.18. The molecular formula is C10H13BrN2O4S. The molecule has 18 heavy (non-hydrogen) atoms. The molecule has 8 heteroatoms. The van der Waals surface area contributed by atoms with Crippen LogP contribution in [-0.2, 0) is 16.4 Å². The number of hydrogen-bond acceptors (Lipinski definition) is 5. The van der Waals surface area contributed by atoms with E-state index >= 15 is 0 Å². The van der Waals surface area contributed by atoms with Crippen LogP contribution < -0.4 is 5.32 Å². The second-order valence-corrected chi connectivity index (χ2v) is 6.95. The molecule has 1 aromatic rings. The predicted molar refractivity (Wildman–Crippen MR) is 72.2 cm³/mol. The van der Waals surface area contributed by atoms with E-state index in [1.807, 2.05) is 0 Å². The number of halogens is 1. The Hall–Kier alpha value is -0.990. The summed E-state index contributed by atoms with van der Waals surface area (Å²) in [5.74, 6) is 0.0671. The Morgan fingerprint density at radius 2 is 2.11 bits per heavy atom. The Kier molecular flexibility index (Phi) is 5.24. The maximum Gasteiger partial charge on any atom is 0.270 e. The van der Waals surface area contributed by atoms with Gasteiger partial charge in [0, 0.05) is 36.0 Å². The van der Waals surface area contributed by atoms with Crippen molar-refractivity contribution in [2.24, 2.45) is 0 Å². The van der Waals surface area contributed by atoms with Crippen LogP contribution in [0.5, 0.6) is 0 Å². The molecule has 0 saturated carbocycles. The predicted octanol–water partition coefficient (Wildman–Crippen LogP) is 1.49. The minimum Gasteiger partial charge on any atom is -0.312 e. The fraction of sp³-hybridized carbons (Fsp3) is 0.400. The summed E-state index contributed by atoms with van der Waals surface area (Å²) < 4.78 is 22.4. The third kappa shape index (κ3) is 5.11. The number of hydrogen-bond donors (Lipinski definition) is 1. The molecule has 0 bridgehead atoms. The van der Waals surface area contributed by atoms with Crippen molar-refractivity contribution < 1.29 is 13.3 Å². The van der Waals surface area contributed by atoms with Gasteiger partial charge < -0.3 is 5.32 Å². The summed E-state index contributed by atoms with van der Waals surface area (Å²) in [5.41, 5.74) is 0.857. The molecule has 0 unspecified atom stereocenters. The Bertz CT molecular complexity index is 545. The first-order chi connectivity index (χ1) is 8.29. The van der Waals surface area contributed by atoms with Gasteiger partial charge in [0.2, 0.25) is 0 Å². The number of benzene rings is 1. The van der Waals surface area contributed by atoms with Gasteiger partial charge in [0.1, 0.15) is 9.84 Å². The average Bonchev–Trinajstić information content (AvgIpc) is 2.24. The second kappa shape index (κ2) is 6.26. The zero-order chi connectivity index (χ0) is 13.8. The number of non-ortho nitro benzene ring substituents is 1. The quantitative estimate of drug-likeness (QED) is 0.483. The molecule has 0 aliphatic carbocycles. The van der Waals surface area contributed by atoms with Gasteiger partial charge in [-0.3, -0.25) is 10.1 Å². The van der Waals surface area contributed by atoms with Crippen molar-refractivity contribution in [3.63, 3.8) is 0 Å². The fourth-order valence-electron chi connectivity index (χ4n) is 1.27. The maximum atomic E-state index is 10.9. The minimum absolute atomic E-state index is 0.0155. The number of sulfone groups is 1. The summed E-state index contributed by atoms with van der Waals surface area (Å²) >= 11 is 3.24. The molecule has 0 radical (unpaired) electrons. The maximum absolute atomic E-state index is 10.9. The van der Waals surface area contributed by atoms with Crippen LogP contribution in [0.25, 0.3) is 0 Å². The average molecular weight is 337 g/mol. The third-order valence-electron chi connectivity index (χ3n) is 2.21. The Balaban J connectivity index is 2.56. The van der Waals surface area contributed by atoms with Crippen molar-refractivity contribution in [3.05, 3.63) is 38.3 Å². The summed E-state index contributed by atoms with van der Waals surface area (Å²) in [7, 11) is -2.97. The van der Waals surface area contributed by atoms with Gasteiger partial charge in [-0.15, -0.1) is 0 Å². The van der Waals surface area contributed by atoms with E-state index in [1.54, 1.807) is 6.07 Å². The summed E-state index contributed by atoms with van der Waals surface area (Å²) in [6, 6.07) is 4.47. The van der Waals surface area contributed by atoms with Gasteiger partial charge >= 0.3 is 0 Å². The highest BCUT2D eigenvalue weighted by Gasteiger charge is 2.09. The minimum atomic E-state index is -2.97. The lowest BCUT2D eigenvalue weighted by molar-refractivity contribution is -0.384. The lowest BCUT2D eigenvalue weighted by Crippen LogP contribution is -2.22. The Labute approximate surface area is 114 Å². The molecule has 100 valence electrons. The molecular weight excluding hydrogens is 324 g/mol. The first-order valence-electron chi connectivity index (χ1n) is 5.11. The van der Waals surface area contributed by atoms with Crippen molar-refractivity contribution in [2.75, 3.05) is 18.6 Å². The lowest BCUT2D eigenvalue weighted by atomic mass is 10.2. The lowest BCUT2D eigenvalue weighted by Gasteiger charge is -2.06. The van der Waals surface area contributed by atoms with Gasteiger partial charge in [-0.2, -0.15) is 0 Å². The normalized spacial score (nSPS) is 11.4. The molecule has 1 N–H and O–H groups in total. The van der Waals surface area contributed by atoms with Gasteiger partial charge in [0.15, 0.2) is 0 Å². The molecule has 0 amide bonds. The number of nitrogens with zero attached hydrogens (tertiary/aromatic N) is 1. The van der Waals surface area contributed by atoms with Crippen molar-refractivity contribution in [3.8, 4) is 0 Å². The van der Waals surface area contributed by atoms with Crippen LogP contribution in [0.1, 0.15) is 5.56 Å². The number of nitrogens with one attached hydrogen (secondary N) is 1. The van der Waals surface area contributed by atoms with Crippen molar-refractivity contribution in [2.45, 2.75) is 6.54 Å². The molecule has 0 atom stereocenters. The number of nitro benzene ring substituents is 1. The van der Waals surface area contributed by atoms with Crippen LogP contribution in [0.15, 0.2) is 22.7 Å². The molecule has 0 heterocycles. The van der Waals surface area contributed by atoms with E-state index < -0.39 is 14.8 Å². The van der Waals surface area contributed by atoms with Crippen molar-refractivity contribution >= 4 is 31.5 Å². The number of rotatable bonds is 6. The second-order valence-electron chi connectivity index (χ2n) is 3.84. The fourth-order valence-corrected chi connectivity index (χ4v) is 2.30. The molecule has 1 rings (SSSR count).